The Bertz CT molecular complexity index is 844. The van der Waals surface area contributed by atoms with Gasteiger partial charge in [0.1, 0.15) is 0 Å². The fourth-order valence-corrected chi connectivity index (χ4v) is 2.08. The van der Waals surface area contributed by atoms with Crippen molar-refractivity contribution in [1.82, 2.24) is 5.43 Å². The molecule has 8 heteroatoms. The van der Waals surface area contributed by atoms with Gasteiger partial charge in [-0.15, -0.1) is 0 Å². The predicted octanol–water partition coefficient (Wildman–Crippen LogP) is 3.65. The zero-order chi connectivity index (χ0) is 19.3. The highest BCUT2D eigenvalue weighted by atomic mass is 19.4. The molecule has 2 aromatic carbocycles. The first kappa shape index (κ1) is 19.2. The van der Waals surface area contributed by atoms with E-state index in [0.717, 1.165) is 5.56 Å². The molecular weight excluding hydrogens is 347 g/mol. The molecule has 0 radical (unpaired) electrons. The summed E-state index contributed by atoms with van der Waals surface area (Å²) in [7, 11) is 0. The van der Waals surface area contributed by atoms with Crippen LogP contribution in [-0.2, 0) is 4.79 Å². The summed E-state index contributed by atoms with van der Waals surface area (Å²) in [5, 5.41) is 5.74. The number of amides is 2. The van der Waals surface area contributed by atoms with Gasteiger partial charge < -0.3 is 5.32 Å². The van der Waals surface area contributed by atoms with Gasteiger partial charge in [0, 0.05) is 11.3 Å². The van der Waals surface area contributed by atoms with E-state index in [9.17, 15) is 22.8 Å². The van der Waals surface area contributed by atoms with Gasteiger partial charge in [0.25, 0.3) is 5.91 Å². The number of carbonyl (C=O) groups is 2. The Kier molecular flexibility index (Phi) is 5.76. The lowest BCUT2D eigenvalue weighted by Crippen LogP contribution is -2.29. The Labute approximate surface area is 147 Å². The third-order valence-corrected chi connectivity index (χ3v) is 3.53. The standard InChI is InChI=1S/C18H16F3N3O2/c1-11-5-3-4-6-15(11)16(25)24-23-12(2)13-7-9-14(10-8-13)22-17(26)18(19,20)21/h3-10H,1-2H3,(H,22,26)(H,24,25)/b23-12+. The van der Waals surface area contributed by atoms with Crippen LogP contribution in [0.5, 0.6) is 0 Å². The number of hydrogen-bond acceptors (Lipinski definition) is 3. The quantitative estimate of drug-likeness (QED) is 0.643. The van der Waals surface area contributed by atoms with Crippen LogP contribution < -0.4 is 10.7 Å². The van der Waals surface area contributed by atoms with Crippen molar-refractivity contribution in [2.45, 2.75) is 20.0 Å². The lowest BCUT2D eigenvalue weighted by Gasteiger charge is -2.09. The monoisotopic (exact) mass is 363 g/mol. The van der Waals surface area contributed by atoms with Crippen LogP contribution >= 0.6 is 0 Å². The number of rotatable bonds is 4. The first-order valence-electron chi connectivity index (χ1n) is 7.57. The molecule has 0 aliphatic rings. The van der Waals surface area contributed by atoms with Crippen molar-refractivity contribution >= 4 is 23.2 Å². The molecule has 0 saturated heterocycles. The molecule has 0 bridgehead atoms. The van der Waals surface area contributed by atoms with Gasteiger partial charge in [-0.25, -0.2) is 5.43 Å². The highest BCUT2D eigenvalue weighted by molar-refractivity contribution is 6.02. The molecule has 136 valence electrons. The Hall–Kier alpha value is -3.16. The van der Waals surface area contributed by atoms with Crippen LogP contribution in [0.25, 0.3) is 0 Å². The number of aryl methyl sites for hydroxylation is 1. The molecule has 0 atom stereocenters. The lowest BCUT2D eigenvalue weighted by molar-refractivity contribution is -0.167. The maximum absolute atomic E-state index is 12.2. The molecule has 0 spiro atoms. The second-order valence-corrected chi connectivity index (χ2v) is 5.48. The number of hydrogen-bond donors (Lipinski definition) is 2. The van der Waals surface area contributed by atoms with Crippen molar-refractivity contribution in [2.24, 2.45) is 5.10 Å². The topological polar surface area (TPSA) is 70.6 Å². The second kappa shape index (κ2) is 7.81. The Morgan fingerprint density at radius 1 is 1.00 bits per heavy atom. The SMILES string of the molecule is C/C(=N\NC(=O)c1ccccc1C)c1ccc(NC(=O)C(F)(F)F)cc1. The first-order chi connectivity index (χ1) is 12.2. The van der Waals surface area contributed by atoms with Gasteiger partial charge in [-0.1, -0.05) is 30.3 Å². The van der Waals surface area contributed by atoms with Gasteiger partial charge in [0.05, 0.1) is 5.71 Å². The Balaban J connectivity index is 2.04. The number of halogens is 3. The predicted molar refractivity (Wildman–Crippen MR) is 92.0 cm³/mol. The van der Waals surface area contributed by atoms with Crippen LogP contribution in [0.4, 0.5) is 18.9 Å². The summed E-state index contributed by atoms with van der Waals surface area (Å²) in [5.41, 5.74) is 4.79. The van der Waals surface area contributed by atoms with E-state index in [2.05, 4.69) is 10.5 Å². The summed E-state index contributed by atoms with van der Waals surface area (Å²) in [6, 6.07) is 12.7. The van der Waals surface area contributed by atoms with E-state index in [1.165, 1.54) is 24.3 Å². The highest BCUT2D eigenvalue weighted by Gasteiger charge is 2.38. The number of hydrazone groups is 1. The number of anilines is 1. The fourth-order valence-electron chi connectivity index (χ4n) is 2.08. The van der Waals surface area contributed by atoms with Crippen LogP contribution in [0.15, 0.2) is 53.6 Å². The summed E-state index contributed by atoms with van der Waals surface area (Å²) in [4.78, 5) is 23.0. The zero-order valence-corrected chi connectivity index (χ0v) is 14.0. The molecular formula is C18H16F3N3O2. The number of benzene rings is 2. The van der Waals surface area contributed by atoms with Crippen LogP contribution in [-0.4, -0.2) is 23.7 Å². The smallest absolute Gasteiger partial charge is 0.318 e. The number of alkyl halides is 3. The molecule has 2 amide bonds. The molecule has 0 aliphatic carbocycles. The normalized spacial score (nSPS) is 11.8. The van der Waals surface area contributed by atoms with E-state index in [4.69, 9.17) is 0 Å². The molecule has 0 unspecified atom stereocenters. The maximum atomic E-state index is 12.2. The van der Waals surface area contributed by atoms with E-state index in [1.54, 1.807) is 37.4 Å². The average molecular weight is 363 g/mol. The summed E-state index contributed by atoms with van der Waals surface area (Å²) in [5.74, 6) is -2.40. The maximum Gasteiger partial charge on any atom is 0.471 e. The highest BCUT2D eigenvalue weighted by Crippen LogP contribution is 2.18. The molecule has 2 N–H and O–H groups in total. The minimum absolute atomic E-state index is 0.00724. The summed E-state index contributed by atoms with van der Waals surface area (Å²) in [6.45, 7) is 3.45. The number of nitrogens with zero attached hydrogens (tertiary/aromatic N) is 1. The molecule has 0 saturated carbocycles. The van der Waals surface area contributed by atoms with Gasteiger partial charge in [0.2, 0.25) is 0 Å². The fraction of sp³-hybridized carbons (Fsp3) is 0.167. The first-order valence-corrected chi connectivity index (χ1v) is 7.57. The number of carbonyl (C=O) groups excluding carboxylic acids is 2. The van der Waals surface area contributed by atoms with Gasteiger partial charge in [-0.2, -0.15) is 18.3 Å². The summed E-state index contributed by atoms with van der Waals surface area (Å²) in [6.07, 6.45) is -4.95. The van der Waals surface area contributed by atoms with Crippen molar-refractivity contribution in [3.63, 3.8) is 0 Å². The molecule has 0 heterocycles. The second-order valence-electron chi connectivity index (χ2n) is 5.48. The third kappa shape index (κ3) is 4.92. The minimum atomic E-state index is -4.95. The summed E-state index contributed by atoms with van der Waals surface area (Å²) < 4.78 is 36.6. The van der Waals surface area contributed by atoms with Crippen molar-refractivity contribution in [3.05, 3.63) is 65.2 Å². The number of nitrogens with one attached hydrogen (secondary N) is 2. The molecule has 5 nitrogen and oxygen atoms in total. The van der Waals surface area contributed by atoms with Crippen LogP contribution in [0.2, 0.25) is 0 Å². The van der Waals surface area contributed by atoms with Gasteiger partial charge >= 0.3 is 12.1 Å². The zero-order valence-electron chi connectivity index (χ0n) is 14.0. The van der Waals surface area contributed by atoms with Gasteiger partial charge in [-0.3, -0.25) is 9.59 Å². The lowest BCUT2D eigenvalue weighted by atomic mass is 10.1. The largest absolute Gasteiger partial charge is 0.471 e. The van der Waals surface area contributed by atoms with Crippen LogP contribution in [0.3, 0.4) is 0 Å². The van der Waals surface area contributed by atoms with E-state index < -0.39 is 12.1 Å². The molecule has 0 aromatic heterocycles. The van der Waals surface area contributed by atoms with Gasteiger partial charge in [0.15, 0.2) is 0 Å². The van der Waals surface area contributed by atoms with Crippen molar-refractivity contribution in [3.8, 4) is 0 Å². The molecule has 2 rings (SSSR count). The molecule has 2 aromatic rings. The van der Waals surface area contributed by atoms with Crippen LogP contribution in [0, 0.1) is 6.92 Å². The summed E-state index contributed by atoms with van der Waals surface area (Å²) >= 11 is 0. The molecule has 0 fully saturated rings. The van der Waals surface area contributed by atoms with Crippen LogP contribution in [0.1, 0.15) is 28.4 Å². The average Bonchev–Trinajstić information content (AvgIpc) is 2.59. The van der Waals surface area contributed by atoms with Gasteiger partial charge in [-0.05, 0) is 43.2 Å². The third-order valence-electron chi connectivity index (χ3n) is 3.53. The van der Waals surface area contributed by atoms with E-state index in [0.29, 0.717) is 16.8 Å². The van der Waals surface area contributed by atoms with Crippen molar-refractivity contribution in [2.75, 3.05) is 5.32 Å². The van der Waals surface area contributed by atoms with Crippen molar-refractivity contribution < 1.29 is 22.8 Å². The van der Waals surface area contributed by atoms with E-state index >= 15 is 0 Å². The van der Waals surface area contributed by atoms with E-state index in [1.807, 2.05) is 6.07 Å². The molecule has 26 heavy (non-hydrogen) atoms. The molecule has 0 aliphatic heterocycles. The minimum Gasteiger partial charge on any atom is -0.318 e. The van der Waals surface area contributed by atoms with Crippen molar-refractivity contribution in [1.29, 1.82) is 0 Å². The van der Waals surface area contributed by atoms with E-state index in [-0.39, 0.29) is 11.6 Å². The Morgan fingerprint density at radius 2 is 1.62 bits per heavy atom. The Morgan fingerprint density at radius 3 is 2.19 bits per heavy atom.